The van der Waals surface area contributed by atoms with E-state index < -0.39 is 5.91 Å². The molecule has 0 aliphatic carbocycles. The van der Waals surface area contributed by atoms with Crippen molar-refractivity contribution >= 4 is 11.6 Å². The quantitative estimate of drug-likeness (QED) is 0.531. The minimum absolute atomic E-state index is 0.331. The molecule has 0 aliphatic rings. The smallest absolute Gasteiger partial charge is 0.250 e. The summed E-state index contributed by atoms with van der Waals surface area (Å²) in [6.45, 7) is 0.376. The van der Waals surface area contributed by atoms with Crippen molar-refractivity contribution in [3.8, 4) is 0 Å². The molecule has 0 saturated heterocycles. The van der Waals surface area contributed by atoms with Crippen LogP contribution >= 0.6 is 0 Å². The Hall–Kier alpha value is -1.55. The summed E-state index contributed by atoms with van der Waals surface area (Å²) in [4.78, 5) is 10.8. The van der Waals surface area contributed by atoms with E-state index in [0.717, 1.165) is 5.56 Å². The van der Waals surface area contributed by atoms with E-state index in [1.54, 1.807) is 18.2 Å². The van der Waals surface area contributed by atoms with Crippen LogP contribution in [0.3, 0.4) is 0 Å². The molecular weight excluding hydrogens is 154 g/mol. The zero-order chi connectivity index (χ0) is 9.14. The van der Waals surface area contributed by atoms with Gasteiger partial charge in [-0.25, -0.2) is 0 Å². The second kappa shape index (κ2) is 3.23. The van der Waals surface area contributed by atoms with Gasteiger partial charge in [0.1, 0.15) is 0 Å². The molecule has 0 aliphatic heterocycles. The van der Waals surface area contributed by atoms with Crippen LogP contribution in [0.4, 0.5) is 5.69 Å². The number of rotatable bonds is 2. The first-order chi connectivity index (χ1) is 5.65. The van der Waals surface area contributed by atoms with Crippen LogP contribution in [0.5, 0.6) is 0 Å². The molecule has 0 unspecified atom stereocenters. The molecule has 4 nitrogen and oxygen atoms in total. The van der Waals surface area contributed by atoms with Crippen molar-refractivity contribution in [2.24, 2.45) is 11.5 Å². The lowest BCUT2D eigenvalue weighted by molar-refractivity contribution is 0.100. The number of nitrogens with two attached hydrogens (primary N) is 3. The minimum Gasteiger partial charge on any atom is -0.398 e. The molecule has 1 aromatic carbocycles. The molecule has 0 spiro atoms. The van der Waals surface area contributed by atoms with Crippen LogP contribution in [-0.2, 0) is 6.54 Å². The number of benzene rings is 1. The largest absolute Gasteiger partial charge is 0.398 e. The van der Waals surface area contributed by atoms with Crippen molar-refractivity contribution < 1.29 is 4.79 Å². The Bertz CT molecular complexity index is 309. The van der Waals surface area contributed by atoms with Crippen LogP contribution in [0.1, 0.15) is 15.9 Å². The number of nitrogen functional groups attached to an aromatic ring is 1. The van der Waals surface area contributed by atoms with Crippen molar-refractivity contribution in [3.05, 3.63) is 29.3 Å². The standard InChI is InChI=1S/C8H11N3O/c9-4-5-1-2-7(10)6(3-5)8(11)12/h1-3H,4,9-10H2,(H2,11,12). The first kappa shape index (κ1) is 8.55. The van der Waals surface area contributed by atoms with Gasteiger partial charge in [0, 0.05) is 12.2 Å². The molecule has 1 rings (SSSR count). The van der Waals surface area contributed by atoms with E-state index in [0.29, 0.717) is 17.8 Å². The summed E-state index contributed by atoms with van der Waals surface area (Å²) < 4.78 is 0. The highest BCUT2D eigenvalue weighted by molar-refractivity contribution is 5.98. The summed E-state index contributed by atoms with van der Waals surface area (Å²) in [5.41, 5.74) is 17.5. The average Bonchev–Trinajstić information content (AvgIpc) is 2.05. The van der Waals surface area contributed by atoms with Crippen LogP contribution in [0.25, 0.3) is 0 Å². The Labute approximate surface area is 70.3 Å². The third kappa shape index (κ3) is 1.54. The molecule has 4 heteroatoms. The number of carbonyl (C=O) groups is 1. The van der Waals surface area contributed by atoms with Crippen molar-refractivity contribution in [2.75, 3.05) is 5.73 Å². The first-order valence-electron chi connectivity index (χ1n) is 3.53. The molecule has 0 atom stereocenters. The molecule has 0 heterocycles. The highest BCUT2D eigenvalue weighted by Gasteiger charge is 2.05. The van der Waals surface area contributed by atoms with E-state index in [1.807, 2.05) is 0 Å². The fourth-order valence-electron chi connectivity index (χ4n) is 0.944. The molecule has 0 saturated carbocycles. The molecule has 6 N–H and O–H groups in total. The molecule has 1 amide bonds. The molecule has 64 valence electrons. The number of primary amides is 1. The lowest BCUT2D eigenvalue weighted by atomic mass is 10.1. The molecule has 0 bridgehead atoms. The van der Waals surface area contributed by atoms with Crippen molar-refractivity contribution in [2.45, 2.75) is 6.54 Å². The summed E-state index contributed by atoms with van der Waals surface area (Å²) in [6.07, 6.45) is 0. The zero-order valence-electron chi connectivity index (χ0n) is 6.58. The molecular formula is C8H11N3O. The van der Waals surface area contributed by atoms with Crippen LogP contribution in [-0.4, -0.2) is 5.91 Å². The second-order valence-corrected chi connectivity index (χ2v) is 2.49. The van der Waals surface area contributed by atoms with Crippen LogP contribution in [0, 0.1) is 0 Å². The second-order valence-electron chi connectivity index (χ2n) is 2.49. The van der Waals surface area contributed by atoms with Gasteiger partial charge in [-0.3, -0.25) is 4.79 Å². The van der Waals surface area contributed by atoms with Gasteiger partial charge in [-0.05, 0) is 17.7 Å². The predicted octanol–water partition coefficient (Wildman–Crippen LogP) is -0.174. The molecule has 12 heavy (non-hydrogen) atoms. The third-order valence-corrected chi connectivity index (χ3v) is 1.62. The Morgan fingerprint density at radius 2 is 2.08 bits per heavy atom. The summed E-state index contributed by atoms with van der Waals surface area (Å²) in [5.74, 6) is -0.525. The van der Waals surface area contributed by atoms with Gasteiger partial charge in [0.2, 0.25) is 0 Å². The number of hydrogen-bond acceptors (Lipinski definition) is 3. The normalized spacial score (nSPS) is 9.75. The number of amides is 1. The fraction of sp³-hybridized carbons (Fsp3) is 0.125. The SMILES string of the molecule is NCc1ccc(N)c(C(N)=O)c1. The summed E-state index contributed by atoms with van der Waals surface area (Å²) in [7, 11) is 0. The van der Waals surface area contributed by atoms with Gasteiger partial charge in [0.15, 0.2) is 0 Å². The third-order valence-electron chi connectivity index (χ3n) is 1.62. The molecule has 1 aromatic rings. The van der Waals surface area contributed by atoms with Gasteiger partial charge >= 0.3 is 0 Å². The average molecular weight is 165 g/mol. The maximum Gasteiger partial charge on any atom is 0.250 e. The number of hydrogen-bond donors (Lipinski definition) is 3. The number of anilines is 1. The Kier molecular flexibility index (Phi) is 2.30. The van der Waals surface area contributed by atoms with Gasteiger partial charge in [-0.2, -0.15) is 0 Å². The van der Waals surface area contributed by atoms with Crippen molar-refractivity contribution in [3.63, 3.8) is 0 Å². The highest BCUT2D eigenvalue weighted by Crippen LogP contribution is 2.12. The monoisotopic (exact) mass is 165 g/mol. The van der Waals surface area contributed by atoms with Crippen molar-refractivity contribution in [1.29, 1.82) is 0 Å². The Morgan fingerprint density at radius 1 is 1.42 bits per heavy atom. The summed E-state index contributed by atoms with van der Waals surface area (Å²) in [6, 6.07) is 5.00. The maximum atomic E-state index is 10.8. The van der Waals surface area contributed by atoms with Gasteiger partial charge < -0.3 is 17.2 Å². The van der Waals surface area contributed by atoms with E-state index in [4.69, 9.17) is 17.2 Å². The van der Waals surface area contributed by atoms with E-state index >= 15 is 0 Å². The van der Waals surface area contributed by atoms with Gasteiger partial charge in [0.25, 0.3) is 5.91 Å². The number of carbonyl (C=O) groups excluding carboxylic acids is 1. The van der Waals surface area contributed by atoms with E-state index in [-0.39, 0.29) is 0 Å². The zero-order valence-corrected chi connectivity index (χ0v) is 6.58. The highest BCUT2D eigenvalue weighted by atomic mass is 16.1. The Balaban J connectivity index is 3.17. The topological polar surface area (TPSA) is 95.1 Å². The molecule has 0 aromatic heterocycles. The van der Waals surface area contributed by atoms with E-state index in [1.165, 1.54) is 0 Å². The lowest BCUT2D eigenvalue weighted by Gasteiger charge is -2.03. The van der Waals surface area contributed by atoms with Gasteiger partial charge in [0.05, 0.1) is 5.56 Å². The van der Waals surface area contributed by atoms with Crippen molar-refractivity contribution in [1.82, 2.24) is 0 Å². The molecule has 0 radical (unpaired) electrons. The Morgan fingerprint density at radius 3 is 2.58 bits per heavy atom. The van der Waals surface area contributed by atoms with Gasteiger partial charge in [-0.15, -0.1) is 0 Å². The van der Waals surface area contributed by atoms with Crippen LogP contribution < -0.4 is 17.2 Å². The predicted molar refractivity (Wildman–Crippen MR) is 47.3 cm³/mol. The molecule has 0 fully saturated rings. The summed E-state index contributed by atoms with van der Waals surface area (Å²) in [5, 5.41) is 0. The van der Waals surface area contributed by atoms with E-state index in [2.05, 4.69) is 0 Å². The maximum absolute atomic E-state index is 10.8. The van der Waals surface area contributed by atoms with Gasteiger partial charge in [-0.1, -0.05) is 6.07 Å². The first-order valence-corrected chi connectivity index (χ1v) is 3.53. The van der Waals surface area contributed by atoms with E-state index in [9.17, 15) is 4.79 Å². The summed E-state index contributed by atoms with van der Waals surface area (Å²) >= 11 is 0. The lowest BCUT2D eigenvalue weighted by Crippen LogP contribution is -2.14. The van der Waals surface area contributed by atoms with Crippen LogP contribution in [0.15, 0.2) is 18.2 Å². The fourth-order valence-corrected chi connectivity index (χ4v) is 0.944. The van der Waals surface area contributed by atoms with Crippen LogP contribution in [0.2, 0.25) is 0 Å². The minimum atomic E-state index is -0.525.